The van der Waals surface area contributed by atoms with Gasteiger partial charge in [0.1, 0.15) is 5.82 Å². The molecule has 0 aliphatic heterocycles. The number of pyridine rings is 1. The Morgan fingerprint density at radius 1 is 1.15 bits per heavy atom. The zero-order chi connectivity index (χ0) is 17.9. The molecule has 0 radical (unpaired) electrons. The molecule has 1 aliphatic carbocycles. The van der Waals surface area contributed by atoms with Gasteiger partial charge in [0.15, 0.2) is 5.96 Å². The molecule has 0 amide bonds. The van der Waals surface area contributed by atoms with Gasteiger partial charge in [-0.3, -0.25) is 9.98 Å². The van der Waals surface area contributed by atoms with Gasteiger partial charge in [0, 0.05) is 37.1 Å². The van der Waals surface area contributed by atoms with Gasteiger partial charge >= 0.3 is 0 Å². The fraction of sp³-hybridized carbons (Fsp3) is 0.238. The number of aromatic nitrogens is 1. The normalized spacial score (nSPS) is 19.4. The number of para-hydroxylation sites is 1. The van der Waals surface area contributed by atoms with E-state index in [1.54, 1.807) is 13.1 Å². The average Bonchev–Trinajstić information content (AvgIpc) is 3.44. The maximum Gasteiger partial charge on any atom is 0.191 e. The van der Waals surface area contributed by atoms with Gasteiger partial charge in [-0.25, -0.2) is 4.39 Å². The Morgan fingerprint density at radius 2 is 1.96 bits per heavy atom. The number of nitrogens with zero attached hydrogens (tertiary/aromatic N) is 2. The molecule has 3 aromatic rings. The summed E-state index contributed by atoms with van der Waals surface area (Å²) in [7, 11) is 1.75. The van der Waals surface area contributed by atoms with Gasteiger partial charge in [0.25, 0.3) is 0 Å². The minimum absolute atomic E-state index is 0.131. The number of hydrogen-bond donors (Lipinski definition) is 2. The SMILES string of the molecule is CN=C(NCc1ccnc2ccccc12)NC1CC1c1ccccc1F. The molecule has 1 aliphatic rings. The van der Waals surface area contributed by atoms with Crippen LogP contribution >= 0.6 is 0 Å². The smallest absolute Gasteiger partial charge is 0.191 e. The van der Waals surface area contributed by atoms with E-state index in [1.165, 1.54) is 11.6 Å². The van der Waals surface area contributed by atoms with E-state index in [4.69, 9.17) is 0 Å². The van der Waals surface area contributed by atoms with Crippen molar-refractivity contribution in [3.05, 3.63) is 77.7 Å². The lowest BCUT2D eigenvalue weighted by atomic mass is 10.1. The summed E-state index contributed by atoms with van der Waals surface area (Å²) < 4.78 is 13.9. The maximum atomic E-state index is 13.9. The van der Waals surface area contributed by atoms with E-state index < -0.39 is 0 Å². The molecule has 2 atom stereocenters. The molecule has 0 saturated heterocycles. The topological polar surface area (TPSA) is 49.3 Å². The lowest BCUT2D eigenvalue weighted by Gasteiger charge is -2.13. The summed E-state index contributed by atoms with van der Waals surface area (Å²) in [6, 6.07) is 17.3. The second-order valence-corrected chi connectivity index (χ2v) is 6.53. The molecule has 5 heteroatoms. The van der Waals surface area contributed by atoms with Crippen LogP contribution in [-0.4, -0.2) is 24.0 Å². The summed E-state index contributed by atoms with van der Waals surface area (Å²) in [6.07, 6.45) is 2.74. The van der Waals surface area contributed by atoms with Crippen LogP contribution in [0.25, 0.3) is 10.9 Å². The molecule has 26 heavy (non-hydrogen) atoms. The molecule has 1 saturated carbocycles. The Bertz CT molecular complexity index is 948. The molecular weight excluding hydrogens is 327 g/mol. The maximum absolute atomic E-state index is 13.9. The van der Waals surface area contributed by atoms with Crippen LogP contribution in [0.1, 0.15) is 23.5 Å². The van der Waals surface area contributed by atoms with Crippen LogP contribution in [0.2, 0.25) is 0 Å². The van der Waals surface area contributed by atoms with Crippen LogP contribution in [0.15, 0.2) is 65.8 Å². The third-order valence-corrected chi connectivity index (χ3v) is 4.83. The van der Waals surface area contributed by atoms with Crippen molar-refractivity contribution in [2.45, 2.75) is 24.9 Å². The molecule has 4 nitrogen and oxygen atoms in total. The number of fused-ring (bicyclic) bond motifs is 1. The molecule has 2 aromatic carbocycles. The minimum atomic E-state index is -0.131. The van der Waals surface area contributed by atoms with Crippen molar-refractivity contribution in [2.75, 3.05) is 7.05 Å². The highest BCUT2D eigenvalue weighted by Gasteiger charge is 2.40. The van der Waals surface area contributed by atoms with Crippen molar-refractivity contribution < 1.29 is 4.39 Å². The summed E-state index contributed by atoms with van der Waals surface area (Å²) in [5.41, 5.74) is 2.93. The summed E-state index contributed by atoms with van der Waals surface area (Å²) in [5, 5.41) is 7.88. The Labute approximate surface area is 152 Å². The van der Waals surface area contributed by atoms with E-state index in [0.29, 0.717) is 6.54 Å². The number of halogens is 1. The van der Waals surface area contributed by atoms with Crippen LogP contribution in [0.5, 0.6) is 0 Å². The molecule has 4 rings (SSSR count). The van der Waals surface area contributed by atoms with Gasteiger partial charge in [-0.1, -0.05) is 36.4 Å². The van der Waals surface area contributed by atoms with Crippen LogP contribution in [0.4, 0.5) is 4.39 Å². The zero-order valence-electron chi connectivity index (χ0n) is 14.6. The highest BCUT2D eigenvalue weighted by atomic mass is 19.1. The molecule has 1 fully saturated rings. The molecule has 132 valence electrons. The Kier molecular flexibility index (Phi) is 4.52. The van der Waals surface area contributed by atoms with E-state index in [1.807, 2.05) is 42.6 Å². The number of hydrogen-bond acceptors (Lipinski definition) is 2. The van der Waals surface area contributed by atoms with Crippen LogP contribution in [0, 0.1) is 5.82 Å². The number of nitrogens with one attached hydrogen (secondary N) is 2. The third kappa shape index (κ3) is 3.38. The third-order valence-electron chi connectivity index (χ3n) is 4.83. The Morgan fingerprint density at radius 3 is 2.81 bits per heavy atom. The van der Waals surface area contributed by atoms with E-state index in [0.717, 1.165) is 28.8 Å². The van der Waals surface area contributed by atoms with Crippen molar-refractivity contribution in [3.8, 4) is 0 Å². The highest BCUT2D eigenvalue weighted by molar-refractivity contribution is 5.84. The van der Waals surface area contributed by atoms with Crippen LogP contribution in [0.3, 0.4) is 0 Å². The van der Waals surface area contributed by atoms with Crippen molar-refractivity contribution in [3.63, 3.8) is 0 Å². The Balaban J connectivity index is 1.40. The summed E-state index contributed by atoms with van der Waals surface area (Å²) in [6.45, 7) is 0.653. The fourth-order valence-corrected chi connectivity index (χ4v) is 3.33. The summed E-state index contributed by atoms with van der Waals surface area (Å²) in [4.78, 5) is 8.69. The van der Waals surface area contributed by atoms with Crippen molar-refractivity contribution in [1.82, 2.24) is 15.6 Å². The summed E-state index contributed by atoms with van der Waals surface area (Å²) in [5.74, 6) is 0.805. The molecule has 2 unspecified atom stereocenters. The average molecular weight is 348 g/mol. The second-order valence-electron chi connectivity index (χ2n) is 6.53. The predicted molar refractivity (Wildman–Crippen MR) is 103 cm³/mol. The van der Waals surface area contributed by atoms with Crippen LogP contribution in [-0.2, 0) is 6.54 Å². The first-order valence-electron chi connectivity index (χ1n) is 8.80. The molecule has 1 heterocycles. The lowest BCUT2D eigenvalue weighted by molar-refractivity contribution is 0.607. The molecule has 2 N–H and O–H groups in total. The molecule has 1 aromatic heterocycles. The summed E-state index contributed by atoms with van der Waals surface area (Å²) >= 11 is 0. The van der Waals surface area contributed by atoms with Gasteiger partial charge in [-0.15, -0.1) is 0 Å². The van der Waals surface area contributed by atoms with E-state index >= 15 is 0 Å². The van der Waals surface area contributed by atoms with Crippen LogP contribution < -0.4 is 10.6 Å². The first-order valence-corrected chi connectivity index (χ1v) is 8.80. The van der Waals surface area contributed by atoms with Gasteiger partial charge < -0.3 is 10.6 Å². The fourth-order valence-electron chi connectivity index (χ4n) is 3.33. The quantitative estimate of drug-likeness (QED) is 0.559. The van der Waals surface area contributed by atoms with Gasteiger partial charge in [-0.05, 0) is 35.7 Å². The van der Waals surface area contributed by atoms with Gasteiger partial charge in [0.2, 0.25) is 0 Å². The monoisotopic (exact) mass is 348 g/mol. The standard InChI is InChI=1S/C21H21FN4/c1-23-21(26-20-12-17(20)16-7-2-4-8-18(16)22)25-13-14-10-11-24-19-9-5-3-6-15(14)19/h2-11,17,20H,12-13H2,1H3,(H2,23,25,26). The van der Waals surface area contributed by atoms with Crippen molar-refractivity contribution >= 4 is 16.9 Å². The molecule has 0 spiro atoms. The van der Waals surface area contributed by atoms with Crippen molar-refractivity contribution in [2.24, 2.45) is 4.99 Å². The number of aliphatic imine (C=N–C) groups is 1. The highest BCUT2D eigenvalue weighted by Crippen LogP contribution is 2.41. The molecular formula is C21H21FN4. The largest absolute Gasteiger partial charge is 0.353 e. The van der Waals surface area contributed by atoms with Gasteiger partial charge in [-0.2, -0.15) is 0 Å². The van der Waals surface area contributed by atoms with E-state index in [2.05, 4.69) is 26.7 Å². The Hall–Kier alpha value is -2.95. The first kappa shape index (κ1) is 16.5. The van der Waals surface area contributed by atoms with Gasteiger partial charge in [0.05, 0.1) is 5.52 Å². The number of benzene rings is 2. The number of guanidine groups is 1. The van der Waals surface area contributed by atoms with E-state index in [-0.39, 0.29) is 17.8 Å². The molecule has 0 bridgehead atoms. The minimum Gasteiger partial charge on any atom is -0.353 e. The van der Waals surface area contributed by atoms with E-state index in [9.17, 15) is 4.39 Å². The van der Waals surface area contributed by atoms with Crippen molar-refractivity contribution in [1.29, 1.82) is 0 Å². The lowest BCUT2D eigenvalue weighted by Crippen LogP contribution is -2.38. The second kappa shape index (κ2) is 7.12. The first-order chi connectivity index (χ1) is 12.8. The predicted octanol–water partition coefficient (Wildman–Crippen LogP) is 3.60. The number of rotatable bonds is 4. The zero-order valence-corrected chi connectivity index (χ0v) is 14.6.